The molecule has 5 nitrogen and oxygen atoms in total. The Morgan fingerprint density at radius 1 is 1.26 bits per heavy atom. The van der Waals surface area contributed by atoms with Crippen LogP contribution in [-0.2, 0) is 9.59 Å². The van der Waals surface area contributed by atoms with Crippen LogP contribution >= 0.6 is 0 Å². The molecule has 2 heterocycles. The number of carbonyl (C=O) groups is 2. The number of carbonyl (C=O) groups excluding carboxylic acids is 2. The van der Waals surface area contributed by atoms with Crippen molar-refractivity contribution in [2.24, 2.45) is 0 Å². The number of amides is 2. The summed E-state index contributed by atoms with van der Waals surface area (Å²) in [7, 11) is 0. The molecule has 1 unspecified atom stereocenters. The third-order valence-electron chi connectivity index (χ3n) is 3.92. The second kappa shape index (κ2) is 7.48. The van der Waals surface area contributed by atoms with Crippen molar-refractivity contribution >= 4 is 11.8 Å². The van der Waals surface area contributed by atoms with E-state index >= 15 is 0 Å². The zero-order valence-corrected chi connectivity index (χ0v) is 11.6. The molecule has 0 aromatic rings. The van der Waals surface area contributed by atoms with Gasteiger partial charge in [0.05, 0.1) is 6.54 Å². The van der Waals surface area contributed by atoms with Gasteiger partial charge in [-0.3, -0.25) is 9.59 Å². The minimum absolute atomic E-state index is 0.0115. The van der Waals surface area contributed by atoms with Crippen LogP contribution in [0.15, 0.2) is 0 Å². The maximum absolute atomic E-state index is 12.0. The van der Waals surface area contributed by atoms with Gasteiger partial charge in [0.2, 0.25) is 11.8 Å². The first-order chi connectivity index (χ1) is 9.25. The van der Waals surface area contributed by atoms with E-state index in [-0.39, 0.29) is 24.4 Å². The van der Waals surface area contributed by atoms with Gasteiger partial charge in [-0.15, -0.1) is 0 Å². The van der Waals surface area contributed by atoms with Gasteiger partial charge in [0, 0.05) is 25.6 Å². The number of nitrogens with one attached hydrogen (secondary N) is 2. The molecule has 2 saturated heterocycles. The SMILES string of the molecule is O=C(CN1CCCCCCC1=O)NC1CCCNC1. The Kier molecular flexibility index (Phi) is 5.63. The van der Waals surface area contributed by atoms with Crippen LogP contribution in [0.25, 0.3) is 0 Å². The molecule has 0 aromatic heterocycles. The molecule has 2 fully saturated rings. The Morgan fingerprint density at radius 2 is 2.11 bits per heavy atom. The van der Waals surface area contributed by atoms with Gasteiger partial charge in [0.1, 0.15) is 0 Å². The highest BCUT2D eigenvalue weighted by Gasteiger charge is 2.20. The average molecular weight is 267 g/mol. The maximum atomic E-state index is 12.0. The highest BCUT2D eigenvalue weighted by atomic mass is 16.2. The van der Waals surface area contributed by atoms with Crippen molar-refractivity contribution < 1.29 is 9.59 Å². The van der Waals surface area contributed by atoms with Crippen LogP contribution in [0.3, 0.4) is 0 Å². The van der Waals surface area contributed by atoms with Crippen molar-refractivity contribution in [2.45, 2.75) is 51.0 Å². The lowest BCUT2D eigenvalue weighted by Gasteiger charge is -2.27. The summed E-state index contributed by atoms with van der Waals surface area (Å²) in [6.07, 6.45) is 7.02. The lowest BCUT2D eigenvalue weighted by Crippen LogP contribution is -2.49. The molecule has 2 aliphatic rings. The number of piperidine rings is 1. The van der Waals surface area contributed by atoms with Crippen molar-refractivity contribution in [2.75, 3.05) is 26.2 Å². The third-order valence-corrected chi connectivity index (χ3v) is 3.92. The summed E-state index contributed by atoms with van der Waals surface area (Å²) in [5, 5.41) is 6.30. The normalized spacial score (nSPS) is 25.6. The van der Waals surface area contributed by atoms with Gasteiger partial charge in [0.15, 0.2) is 0 Å². The van der Waals surface area contributed by atoms with E-state index in [1.54, 1.807) is 4.90 Å². The summed E-state index contributed by atoms with van der Waals surface area (Å²) in [6, 6.07) is 0.228. The van der Waals surface area contributed by atoms with Crippen LogP contribution in [0, 0.1) is 0 Å². The van der Waals surface area contributed by atoms with E-state index in [9.17, 15) is 9.59 Å². The summed E-state index contributed by atoms with van der Waals surface area (Å²) in [5.74, 6) is 0.124. The second-order valence-corrected chi connectivity index (χ2v) is 5.59. The van der Waals surface area contributed by atoms with Crippen molar-refractivity contribution in [1.29, 1.82) is 0 Å². The molecule has 1 atom stereocenters. The van der Waals surface area contributed by atoms with Crippen molar-refractivity contribution in [3.8, 4) is 0 Å². The molecule has 0 bridgehead atoms. The first kappa shape index (κ1) is 14.3. The van der Waals surface area contributed by atoms with E-state index in [4.69, 9.17) is 0 Å². The first-order valence-corrected chi connectivity index (χ1v) is 7.53. The second-order valence-electron chi connectivity index (χ2n) is 5.59. The Bertz CT molecular complexity index is 314. The molecular formula is C14H25N3O2. The van der Waals surface area contributed by atoms with Gasteiger partial charge in [0.25, 0.3) is 0 Å². The molecule has 0 aliphatic carbocycles. The van der Waals surface area contributed by atoms with Gasteiger partial charge in [-0.05, 0) is 32.2 Å². The molecule has 0 aromatic carbocycles. The van der Waals surface area contributed by atoms with Gasteiger partial charge in [-0.1, -0.05) is 12.8 Å². The van der Waals surface area contributed by atoms with Crippen LogP contribution in [0.5, 0.6) is 0 Å². The monoisotopic (exact) mass is 267 g/mol. The number of hydrogen-bond acceptors (Lipinski definition) is 3. The van der Waals surface area contributed by atoms with E-state index in [0.717, 1.165) is 58.2 Å². The van der Waals surface area contributed by atoms with Gasteiger partial charge >= 0.3 is 0 Å². The average Bonchev–Trinajstić information content (AvgIpc) is 2.40. The van der Waals surface area contributed by atoms with E-state index < -0.39 is 0 Å². The summed E-state index contributed by atoms with van der Waals surface area (Å²) in [4.78, 5) is 25.6. The predicted molar refractivity (Wildman–Crippen MR) is 73.7 cm³/mol. The Hall–Kier alpha value is -1.10. The molecule has 108 valence electrons. The van der Waals surface area contributed by atoms with Crippen LogP contribution in [-0.4, -0.2) is 48.9 Å². The van der Waals surface area contributed by atoms with Crippen LogP contribution in [0.1, 0.15) is 44.9 Å². The molecule has 0 saturated carbocycles. The molecule has 2 aliphatic heterocycles. The van der Waals surface area contributed by atoms with Crippen LogP contribution in [0.2, 0.25) is 0 Å². The number of likely N-dealkylation sites (tertiary alicyclic amines) is 1. The molecule has 0 spiro atoms. The molecule has 5 heteroatoms. The predicted octanol–water partition coefficient (Wildman–Crippen LogP) is 0.647. The summed E-state index contributed by atoms with van der Waals surface area (Å²) in [5.41, 5.74) is 0. The number of nitrogens with zero attached hydrogens (tertiary/aromatic N) is 1. The molecular weight excluding hydrogens is 242 g/mol. The van der Waals surface area contributed by atoms with E-state index in [1.165, 1.54) is 0 Å². The minimum atomic E-state index is -0.0115. The first-order valence-electron chi connectivity index (χ1n) is 7.53. The molecule has 0 radical (unpaired) electrons. The van der Waals surface area contributed by atoms with Crippen molar-refractivity contribution in [3.05, 3.63) is 0 Å². The summed E-state index contributed by atoms with van der Waals surface area (Å²) >= 11 is 0. The fourth-order valence-corrected chi connectivity index (χ4v) is 2.80. The number of hydrogen-bond donors (Lipinski definition) is 2. The molecule has 2 N–H and O–H groups in total. The Balaban J connectivity index is 1.77. The highest BCUT2D eigenvalue weighted by molar-refractivity contribution is 5.85. The van der Waals surface area contributed by atoms with E-state index in [0.29, 0.717) is 6.42 Å². The van der Waals surface area contributed by atoms with Crippen LogP contribution < -0.4 is 10.6 Å². The third kappa shape index (κ3) is 4.82. The zero-order valence-electron chi connectivity index (χ0n) is 11.6. The topological polar surface area (TPSA) is 61.4 Å². The van der Waals surface area contributed by atoms with Gasteiger partial charge < -0.3 is 15.5 Å². The smallest absolute Gasteiger partial charge is 0.239 e. The lowest BCUT2D eigenvalue weighted by molar-refractivity contribution is -0.136. The van der Waals surface area contributed by atoms with Gasteiger partial charge in [-0.2, -0.15) is 0 Å². The van der Waals surface area contributed by atoms with E-state index in [1.807, 2.05) is 0 Å². The summed E-state index contributed by atoms with van der Waals surface area (Å²) < 4.78 is 0. The quantitative estimate of drug-likeness (QED) is 0.789. The molecule has 2 rings (SSSR count). The highest BCUT2D eigenvalue weighted by Crippen LogP contribution is 2.11. The Labute approximate surface area is 115 Å². The molecule has 2 amide bonds. The standard InChI is InChI=1S/C14H25N3O2/c18-13(16-12-6-5-8-15-10-12)11-17-9-4-2-1-3-7-14(17)19/h12,15H,1-11H2,(H,16,18). The Morgan fingerprint density at radius 3 is 2.89 bits per heavy atom. The minimum Gasteiger partial charge on any atom is -0.351 e. The molecule has 19 heavy (non-hydrogen) atoms. The van der Waals surface area contributed by atoms with Crippen molar-refractivity contribution in [3.63, 3.8) is 0 Å². The number of rotatable bonds is 3. The van der Waals surface area contributed by atoms with Crippen LogP contribution in [0.4, 0.5) is 0 Å². The zero-order chi connectivity index (χ0) is 13.5. The lowest BCUT2D eigenvalue weighted by atomic mass is 10.1. The van der Waals surface area contributed by atoms with E-state index in [2.05, 4.69) is 10.6 Å². The summed E-state index contributed by atoms with van der Waals surface area (Å²) in [6.45, 7) is 2.85. The maximum Gasteiger partial charge on any atom is 0.239 e. The fraction of sp³-hybridized carbons (Fsp3) is 0.857. The largest absolute Gasteiger partial charge is 0.351 e. The van der Waals surface area contributed by atoms with Crippen molar-refractivity contribution in [1.82, 2.24) is 15.5 Å². The fourth-order valence-electron chi connectivity index (χ4n) is 2.80. The van der Waals surface area contributed by atoms with Gasteiger partial charge in [-0.25, -0.2) is 0 Å².